The number of hydrogen-bond donors (Lipinski definition) is 0. The summed E-state index contributed by atoms with van der Waals surface area (Å²) in [7, 11) is 0. The average Bonchev–Trinajstić information content (AvgIpc) is 2.54. The second-order valence-electron chi connectivity index (χ2n) is 2.01. The molecule has 0 aliphatic carbocycles. The van der Waals surface area contributed by atoms with Crippen molar-refractivity contribution in [3.8, 4) is 0 Å². The minimum absolute atomic E-state index is 1.22. The van der Waals surface area contributed by atoms with E-state index in [0.29, 0.717) is 0 Å². The van der Waals surface area contributed by atoms with E-state index >= 15 is 0 Å². The maximum Gasteiger partial charge on any atom is 0.164 e. The van der Waals surface area contributed by atoms with Crippen LogP contribution in [0.5, 0.6) is 0 Å². The third-order valence-electron chi connectivity index (χ3n) is 0.966. The van der Waals surface area contributed by atoms with E-state index in [9.17, 15) is 0 Å². The monoisotopic (exact) mass is 247 g/mol. The van der Waals surface area contributed by atoms with Crippen LogP contribution < -0.4 is 0 Å². The molecule has 3 aromatic rings. The molecule has 13 nitrogen and oxygen atoms in total. The highest BCUT2D eigenvalue weighted by atomic mass is 15.5. The Morgan fingerprint density at radius 1 is 0.333 bits per heavy atom. The van der Waals surface area contributed by atoms with Crippen LogP contribution >= 0.6 is 0 Å². The van der Waals surface area contributed by atoms with E-state index < -0.39 is 0 Å². The quantitative estimate of drug-likeness (QED) is 0.399. The summed E-state index contributed by atoms with van der Waals surface area (Å²) in [5, 5.41) is 39.1. The fourth-order valence-corrected chi connectivity index (χ4v) is 0.464. The first-order valence-corrected chi connectivity index (χ1v) is 4.18. The van der Waals surface area contributed by atoms with Gasteiger partial charge in [-0.25, -0.2) is 4.98 Å². The van der Waals surface area contributed by atoms with Crippen molar-refractivity contribution < 1.29 is 0 Å². The van der Waals surface area contributed by atoms with Gasteiger partial charge in [0.2, 0.25) is 0 Å². The second kappa shape index (κ2) is 10.3. The Morgan fingerprint density at radius 2 is 0.778 bits per heavy atom. The lowest BCUT2D eigenvalue weighted by Gasteiger charge is -1.68. The summed E-state index contributed by atoms with van der Waals surface area (Å²) in [6.45, 7) is 0. The highest BCUT2D eigenvalue weighted by Crippen LogP contribution is 1.51. The average molecular weight is 247 g/mol. The maximum atomic E-state index is 3.50. The molecular formula is C5H5N13. The zero-order chi connectivity index (χ0) is 12.7. The van der Waals surface area contributed by atoms with Gasteiger partial charge in [-0.15, -0.1) is 40.8 Å². The third-order valence-corrected chi connectivity index (χ3v) is 0.966. The molecule has 0 amide bonds. The Labute approximate surface area is 99.2 Å². The first kappa shape index (κ1) is 12.8. The predicted molar refractivity (Wildman–Crippen MR) is 50.7 cm³/mol. The summed E-state index contributed by atoms with van der Waals surface area (Å²) in [4.78, 5) is 3.50. The van der Waals surface area contributed by atoms with Crippen LogP contribution in [0.4, 0.5) is 0 Å². The van der Waals surface area contributed by atoms with E-state index in [1.54, 1.807) is 0 Å². The van der Waals surface area contributed by atoms with Gasteiger partial charge in [0.25, 0.3) is 0 Å². The van der Waals surface area contributed by atoms with Crippen molar-refractivity contribution in [2.24, 2.45) is 0 Å². The molecule has 90 valence electrons. The van der Waals surface area contributed by atoms with Gasteiger partial charge in [-0.2, -0.15) is 0 Å². The second-order valence-corrected chi connectivity index (χ2v) is 2.01. The lowest BCUT2D eigenvalue weighted by Crippen LogP contribution is -1.89. The highest BCUT2D eigenvalue weighted by molar-refractivity contribution is 4.39. The molecule has 0 saturated heterocycles. The van der Waals surface area contributed by atoms with E-state index in [-0.39, 0.29) is 0 Å². The molecule has 3 aromatic heterocycles. The first-order valence-electron chi connectivity index (χ1n) is 4.18. The van der Waals surface area contributed by atoms with Crippen LogP contribution in [0.2, 0.25) is 0 Å². The van der Waals surface area contributed by atoms with Gasteiger partial charge in [-0.1, -0.05) is 0 Å². The largest absolute Gasteiger partial charge is 0.221 e. The Hall–Kier alpha value is -3.25. The summed E-state index contributed by atoms with van der Waals surface area (Å²) in [6.07, 6.45) is 6.42. The molecule has 0 radical (unpaired) electrons. The lowest BCUT2D eigenvalue weighted by atomic mass is 11.2. The molecule has 13 heteroatoms. The summed E-state index contributed by atoms with van der Waals surface area (Å²) >= 11 is 0. The smallest absolute Gasteiger partial charge is 0.164 e. The van der Waals surface area contributed by atoms with Crippen molar-refractivity contribution >= 4 is 0 Å². The zero-order valence-corrected chi connectivity index (χ0v) is 8.70. The van der Waals surface area contributed by atoms with Gasteiger partial charge in [-0.05, 0) is 20.9 Å². The molecule has 0 atom stereocenters. The Bertz CT molecular complexity index is 306. The first-order chi connectivity index (χ1) is 9.00. The van der Waals surface area contributed by atoms with E-state index in [4.69, 9.17) is 0 Å². The van der Waals surface area contributed by atoms with E-state index in [1.165, 1.54) is 31.6 Å². The molecule has 0 aliphatic rings. The number of hydrogen-bond acceptors (Lipinski definition) is 13. The molecule has 0 saturated carbocycles. The van der Waals surface area contributed by atoms with Crippen molar-refractivity contribution in [2.45, 2.75) is 0 Å². The molecule has 0 bridgehead atoms. The molecule has 3 rings (SSSR count). The predicted octanol–water partition coefficient (Wildman–Crippen LogP) is -2.81. The zero-order valence-electron chi connectivity index (χ0n) is 8.70. The highest BCUT2D eigenvalue weighted by Gasteiger charge is 1.63. The molecule has 0 aromatic carbocycles. The minimum atomic E-state index is 1.22. The third kappa shape index (κ3) is 8.09. The van der Waals surface area contributed by atoms with Gasteiger partial charge in [0.15, 0.2) is 19.0 Å². The summed E-state index contributed by atoms with van der Waals surface area (Å²) in [5.41, 5.74) is 0. The van der Waals surface area contributed by atoms with Crippen molar-refractivity contribution in [1.82, 2.24) is 66.6 Å². The van der Waals surface area contributed by atoms with Crippen LogP contribution in [0.3, 0.4) is 0 Å². The molecular weight excluding hydrogens is 242 g/mol. The van der Waals surface area contributed by atoms with E-state index in [2.05, 4.69) is 66.6 Å². The standard InChI is InChI=1S/2C2H2N4.CHN5/c1-3-5-2-6-4-1;1-3-2-5-6-4-1;1-2-4-6-5-3-1/h2*1-2H;1H. The van der Waals surface area contributed by atoms with Gasteiger partial charge in [-0.3, -0.25) is 0 Å². The van der Waals surface area contributed by atoms with E-state index in [0.717, 1.165) is 0 Å². The van der Waals surface area contributed by atoms with Crippen molar-refractivity contribution in [1.29, 1.82) is 0 Å². The minimum Gasteiger partial charge on any atom is -0.221 e. The van der Waals surface area contributed by atoms with Gasteiger partial charge < -0.3 is 0 Å². The maximum absolute atomic E-state index is 3.50. The summed E-state index contributed by atoms with van der Waals surface area (Å²) in [5.74, 6) is 0. The SMILES string of the molecule is c1ncnnn1.c1nncnn1.c1nnnnn1. The molecule has 0 unspecified atom stereocenters. The van der Waals surface area contributed by atoms with Crippen molar-refractivity contribution in [3.05, 3.63) is 31.6 Å². The van der Waals surface area contributed by atoms with Gasteiger partial charge in [0.05, 0.1) is 0 Å². The molecule has 0 spiro atoms. The van der Waals surface area contributed by atoms with Gasteiger partial charge >= 0.3 is 0 Å². The molecule has 3 heterocycles. The molecule has 0 N–H and O–H groups in total. The van der Waals surface area contributed by atoms with E-state index in [1.807, 2.05) is 0 Å². The van der Waals surface area contributed by atoms with Crippen LogP contribution in [-0.4, -0.2) is 66.6 Å². The Morgan fingerprint density at radius 3 is 0.944 bits per heavy atom. The van der Waals surface area contributed by atoms with Gasteiger partial charge in [0, 0.05) is 0 Å². The van der Waals surface area contributed by atoms with Gasteiger partial charge in [0.1, 0.15) is 12.7 Å². The van der Waals surface area contributed by atoms with Crippen molar-refractivity contribution in [2.75, 3.05) is 0 Å². The molecule has 0 fully saturated rings. The van der Waals surface area contributed by atoms with Crippen LogP contribution in [0.15, 0.2) is 31.6 Å². The van der Waals surface area contributed by atoms with Crippen LogP contribution in [0.25, 0.3) is 0 Å². The Kier molecular flexibility index (Phi) is 7.32. The fraction of sp³-hybridized carbons (Fsp3) is 0. The normalized spacial score (nSPS) is 8.00. The topological polar surface area (TPSA) is 168 Å². The van der Waals surface area contributed by atoms with Crippen LogP contribution in [0.1, 0.15) is 0 Å². The van der Waals surface area contributed by atoms with Crippen molar-refractivity contribution in [3.63, 3.8) is 0 Å². The number of rotatable bonds is 0. The number of aromatic nitrogens is 13. The fourth-order valence-electron chi connectivity index (χ4n) is 0.464. The summed E-state index contributed by atoms with van der Waals surface area (Å²) in [6, 6.07) is 0. The van der Waals surface area contributed by atoms with Crippen LogP contribution in [-0.2, 0) is 0 Å². The summed E-state index contributed by atoms with van der Waals surface area (Å²) < 4.78 is 0. The molecule has 18 heavy (non-hydrogen) atoms. The van der Waals surface area contributed by atoms with Crippen LogP contribution in [0, 0.1) is 0 Å². The lowest BCUT2D eigenvalue weighted by molar-refractivity contribution is 0.678. The number of nitrogens with zero attached hydrogens (tertiary/aromatic N) is 13. The Balaban J connectivity index is 0.000000135. The molecule has 0 aliphatic heterocycles.